The Balaban J connectivity index is 0.00000196. The predicted molar refractivity (Wildman–Crippen MR) is 59.0 cm³/mol. The summed E-state index contributed by atoms with van der Waals surface area (Å²) in [6.07, 6.45) is 2.90. The van der Waals surface area contributed by atoms with E-state index >= 15 is 0 Å². The third-order valence-electron chi connectivity index (χ3n) is 1.73. The third kappa shape index (κ3) is 5.11. The molecular formula is C8H15ClN4O2. The molecule has 1 rings (SSSR count). The molecule has 0 aliphatic heterocycles. The van der Waals surface area contributed by atoms with Crippen molar-refractivity contribution in [3.63, 3.8) is 0 Å². The maximum absolute atomic E-state index is 10.7. The summed E-state index contributed by atoms with van der Waals surface area (Å²) in [6, 6.07) is 0. The van der Waals surface area contributed by atoms with E-state index in [1.165, 1.54) is 7.11 Å². The van der Waals surface area contributed by atoms with Crippen molar-refractivity contribution in [2.75, 3.05) is 19.4 Å². The number of aromatic nitrogens is 2. The molecule has 0 aliphatic carbocycles. The van der Waals surface area contributed by atoms with Gasteiger partial charge in [0.2, 0.25) is 0 Å². The van der Waals surface area contributed by atoms with Crippen molar-refractivity contribution >= 4 is 24.4 Å². The zero-order chi connectivity index (χ0) is 10.4. The number of rotatable bonds is 4. The summed E-state index contributed by atoms with van der Waals surface area (Å²) in [4.78, 5) is 17.4. The minimum atomic E-state index is -0.408. The largest absolute Gasteiger partial charge is 0.453 e. The van der Waals surface area contributed by atoms with Gasteiger partial charge in [-0.3, -0.25) is 0 Å². The molecule has 1 aromatic rings. The van der Waals surface area contributed by atoms with Crippen LogP contribution >= 0.6 is 12.4 Å². The van der Waals surface area contributed by atoms with Gasteiger partial charge in [-0.1, -0.05) is 0 Å². The van der Waals surface area contributed by atoms with Gasteiger partial charge in [0.15, 0.2) is 5.95 Å². The fourth-order valence-corrected chi connectivity index (χ4v) is 1.05. The Bertz CT molecular complexity index is 303. The van der Waals surface area contributed by atoms with E-state index in [0.29, 0.717) is 12.5 Å². The van der Waals surface area contributed by atoms with E-state index < -0.39 is 6.09 Å². The number of carbonyl (C=O) groups excluding carboxylic acids is 1. The molecule has 0 aromatic carbocycles. The Hall–Kier alpha value is -1.43. The first kappa shape index (κ1) is 13.6. The van der Waals surface area contributed by atoms with Crippen LogP contribution in [-0.2, 0) is 11.2 Å². The summed E-state index contributed by atoms with van der Waals surface area (Å²) >= 11 is 0. The zero-order valence-corrected chi connectivity index (χ0v) is 9.26. The molecule has 0 fully saturated rings. The van der Waals surface area contributed by atoms with Gasteiger partial charge in [0.1, 0.15) is 0 Å². The van der Waals surface area contributed by atoms with Crippen molar-refractivity contribution in [3.8, 4) is 0 Å². The number of nitrogens with one attached hydrogen (secondary N) is 2. The Labute approximate surface area is 94.0 Å². The van der Waals surface area contributed by atoms with E-state index in [-0.39, 0.29) is 12.4 Å². The van der Waals surface area contributed by atoms with E-state index in [0.717, 1.165) is 18.5 Å². The van der Waals surface area contributed by atoms with E-state index in [2.05, 4.69) is 20.0 Å². The lowest BCUT2D eigenvalue weighted by Crippen LogP contribution is -2.24. The highest BCUT2D eigenvalue weighted by molar-refractivity contribution is 5.85. The predicted octanol–water partition coefficient (Wildman–Crippen LogP) is 0.702. The molecule has 0 saturated heterocycles. The number of carbonyl (C=O) groups is 1. The smallest absolute Gasteiger partial charge is 0.406 e. The molecule has 0 spiro atoms. The first-order valence-corrected chi connectivity index (χ1v) is 4.33. The van der Waals surface area contributed by atoms with Crippen LogP contribution in [0.15, 0.2) is 6.20 Å². The summed E-state index contributed by atoms with van der Waals surface area (Å²) in [5.41, 5.74) is 6.36. The average Bonchev–Trinajstić information content (AvgIpc) is 2.58. The monoisotopic (exact) mass is 234 g/mol. The van der Waals surface area contributed by atoms with E-state index in [4.69, 9.17) is 5.73 Å². The Kier molecular flexibility index (Phi) is 6.28. The van der Waals surface area contributed by atoms with Crippen LogP contribution in [-0.4, -0.2) is 29.7 Å². The molecule has 1 heterocycles. The molecule has 0 saturated carbocycles. The quantitative estimate of drug-likeness (QED) is 0.669. The molecule has 86 valence electrons. The van der Waals surface area contributed by atoms with Crippen LogP contribution in [0.25, 0.3) is 0 Å². The molecule has 6 nitrogen and oxygen atoms in total. The summed E-state index contributed by atoms with van der Waals surface area (Å²) in [6.45, 7) is 0.575. The normalized spacial score (nSPS) is 9.13. The summed E-state index contributed by atoms with van der Waals surface area (Å²) < 4.78 is 4.42. The molecule has 1 amide bonds. The van der Waals surface area contributed by atoms with Crippen LogP contribution in [0.4, 0.5) is 10.7 Å². The third-order valence-corrected chi connectivity index (χ3v) is 1.73. The number of imidazole rings is 1. The number of nitrogen functional groups attached to an aromatic ring is 1. The second kappa shape index (κ2) is 6.94. The van der Waals surface area contributed by atoms with E-state index in [9.17, 15) is 4.79 Å². The number of anilines is 1. The van der Waals surface area contributed by atoms with Crippen molar-refractivity contribution in [1.82, 2.24) is 15.3 Å². The summed E-state index contributed by atoms with van der Waals surface area (Å²) in [5, 5.41) is 2.58. The van der Waals surface area contributed by atoms with Crippen molar-refractivity contribution < 1.29 is 9.53 Å². The van der Waals surface area contributed by atoms with Gasteiger partial charge in [-0.15, -0.1) is 12.4 Å². The number of hydrogen-bond donors (Lipinski definition) is 3. The molecular weight excluding hydrogens is 220 g/mol. The van der Waals surface area contributed by atoms with Crippen molar-refractivity contribution in [1.29, 1.82) is 0 Å². The van der Waals surface area contributed by atoms with E-state index in [1.54, 1.807) is 6.20 Å². The highest BCUT2D eigenvalue weighted by atomic mass is 35.5. The van der Waals surface area contributed by atoms with Crippen LogP contribution in [0.1, 0.15) is 12.1 Å². The molecule has 0 radical (unpaired) electrons. The van der Waals surface area contributed by atoms with E-state index in [1.807, 2.05) is 0 Å². The number of halogens is 1. The fourth-order valence-electron chi connectivity index (χ4n) is 1.05. The van der Waals surface area contributed by atoms with Crippen molar-refractivity contribution in [2.45, 2.75) is 12.8 Å². The highest BCUT2D eigenvalue weighted by Gasteiger charge is 1.99. The van der Waals surface area contributed by atoms with Crippen LogP contribution in [0.2, 0.25) is 0 Å². The molecule has 0 atom stereocenters. The Morgan fingerprint density at radius 3 is 3.00 bits per heavy atom. The fraction of sp³-hybridized carbons (Fsp3) is 0.500. The average molecular weight is 235 g/mol. The topological polar surface area (TPSA) is 93.0 Å². The first-order valence-electron chi connectivity index (χ1n) is 4.33. The first-order chi connectivity index (χ1) is 6.72. The molecule has 15 heavy (non-hydrogen) atoms. The maximum Gasteiger partial charge on any atom is 0.406 e. The number of aryl methyl sites for hydroxylation is 1. The molecule has 4 N–H and O–H groups in total. The number of hydrogen-bond acceptors (Lipinski definition) is 4. The van der Waals surface area contributed by atoms with Gasteiger partial charge in [-0.2, -0.15) is 0 Å². The van der Waals surface area contributed by atoms with Crippen LogP contribution < -0.4 is 11.1 Å². The number of amides is 1. The number of nitrogens with two attached hydrogens (primary N) is 1. The van der Waals surface area contributed by atoms with Gasteiger partial charge >= 0.3 is 6.09 Å². The molecule has 0 unspecified atom stereocenters. The maximum atomic E-state index is 10.7. The Morgan fingerprint density at radius 2 is 2.47 bits per heavy atom. The highest BCUT2D eigenvalue weighted by Crippen LogP contribution is 2.00. The van der Waals surface area contributed by atoms with Crippen LogP contribution in [0.3, 0.4) is 0 Å². The van der Waals surface area contributed by atoms with Crippen molar-refractivity contribution in [3.05, 3.63) is 11.9 Å². The Morgan fingerprint density at radius 1 is 1.73 bits per heavy atom. The van der Waals surface area contributed by atoms with Gasteiger partial charge in [0, 0.05) is 12.2 Å². The molecule has 0 bridgehead atoms. The lowest BCUT2D eigenvalue weighted by atomic mass is 10.2. The summed E-state index contributed by atoms with van der Waals surface area (Å²) in [5.74, 6) is 0.418. The second-order valence-electron chi connectivity index (χ2n) is 2.82. The van der Waals surface area contributed by atoms with Gasteiger partial charge < -0.3 is 20.8 Å². The van der Waals surface area contributed by atoms with Gasteiger partial charge in [0.25, 0.3) is 0 Å². The standard InChI is InChI=1S/C8H14N4O2.ClH/c1-14-8(13)10-4-2-3-6-5-11-7(9)12-6;/h5H,2-4H2,1H3,(H,10,13)(H3,9,11,12);1H. The van der Waals surface area contributed by atoms with Gasteiger partial charge in [0.05, 0.1) is 13.3 Å². The number of methoxy groups -OCH3 is 1. The number of aromatic amines is 1. The van der Waals surface area contributed by atoms with Gasteiger partial charge in [-0.05, 0) is 12.8 Å². The van der Waals surface area contributed by atoms with Crippen LogP contribution in [0, 0.1) is 0 Å². The number of alkyl carbamates (subject to hydrolysis) is 1. The second-order valence-corrected chi connectivity index (χ2v) is 2.82. The number of nitrogens with zero attached hydrogens (tertiary/aromatic N) is 1. The number of ether oxygens (including phenoxy) is 1. The zero-order valence-electron chi connectivity index (χ0n) is 8.45. The molecule has 1 aromatic heterocycles. The van der Waals surface area contributed by atoms with Crippen LogP contribution in [0.5, 0.6) is 0 Å². The minimum Gasteiger partial charge on any atom is -0.453 e. The van der Waals surface area contributed by atoms with Crippen molar-refractivity contribution in [2.24, 2.45) is 0 Å². The van der Waals surface area contributed by atoms with Gasteiger partial charge in [-0.25, -0.2) is 9.78 Å². The molecule has 7 heteroatoms. The summed E-state index contributed by atoms with van der Waals surface area (Å²) in [7, 11) is 1.34. The number of H-pyrrole nitrogens is 1. The minimum absolute atomic E-state index is 0. The lowest BCUT2D eigenvalue weighted by molar-refractivity contribution is 0.171. The lowest BCUT2D eigenvalue weighted by Gasteiger charge is -2.01. The SMILES string of the molecule is COC(=O)NCCCc1cnc(N)[nH]1.Cl. The molecule has 0 aliphatic rings.